The molecule has 3 aromatic rings. The van der Waals surface area contributed by atoms with E-state index in [0.29, 0.717) is 0 Å². The minimum atomic E-state index is 0.760. The maximum atomic E-state index is 5.76. The maximum absolute atomic E-state index is 5.76. The van der Waals surface area contributed by atoms with Crippen LogP contribution in [0.1, 0.15) is 19.0 Å². The molecule has 0 saturated carbocycles. The Bertz CT molecular complexity index is 714. The Kier molecular flexibility index (Phi) is 3.69. The number of nitrogens with two attached hydrogens (primary N) is 1. The summed E-state index contributed by atoms with van der Waals surface area (Å²) in [4.78, 5) is 4.16. The summed E-state index contributed by atoms with van der Waals surface area (Å²) in [5.74, 6) is 0. The molecule has 0 radical (unpaired) electrons. The standard InChI is InChI=1S/C17H18N4/c1-2-4-16-11-17(13-5-3-10-19-12-13)20-21(16)15-8-6-14(18)7-9-15/h3,5-12H,2,4,18H2,1H3. The van der Waals surface area contributed by atoms with Crippen molar-refractivity contribution in [2.24, 2.45) is 0 Å². The summed E-state index contributed by atoms with van der Waals surface area (Å²) in [5, 5.41) is 4.73. The van der Waals surface area contributed by atoms with Crippen LogP contribution in [0, 0.1) is 0 Å². The second kappa shape index (κ2) is 5.79. The van der Waals surface area contributed by atoms with Gasteiger partial charge >= 0.3 is 0 Å². The lowest BCUT2D eigenvalue weighted by molar-refractivity contribution is 0.776. The van der Waals surface area contributed by atoms with E-state index in [1.165, 1.54) is 5.69 Å². The summed E-state index contributed by atoms with van der Waals surface area (Å²) in [5.41, 5.74) is 10.7. The Morgan fingerprint density at radius 2 is 1.95 bits per heavy atom. The molecular formula is C17H18N4. The predicted octanol–water partition coefficient (Wildman–Crippen LogP) is 3.47. The predicted molar refractivity (Wildman–Crippen MR) is 85.2 cm³/mol. The van der Waals surface area contributed by atoms with Gasteiger partial charge in [-0.15, -0.1) is 0 Å². The number of rotatable bonds is 4. The zero-order valence-electron chi connectivity index (χ0n) is 12.0. The highest BCUT2D eigenvalue weighted by molar-refractivity contribution is 5.59. The fourth-order valence-corrected chi connectivity index (χ4v) is 2.35. The molecule has 0 bridgehead atoms. The molecule has 0 spiro atoms. The number of pyridine rings is 1. The van der Waals surface area contributed by atoms with Crippen molar-refractivity contribution < 1.29 is 0 Å². The van der Waals surface area contributed by atoms with Crippen LogP contribution in [0.3, 0.4) is 0 Å². The summed E-state index contributed by atoms with van der Waals surface area (Å²) >= 11 is 0. The van der Waals surface area contributed by atoms with Crippen LogP contribution in [0.15, 0.2) is 54.9 Å². The Labute approximate surface area is 124 Å². The molecule has 2 heterocycles. The van der Waals surface area contributed by atoms with Crippen LogP contribution < -0.4 is 5.73 Å². The smallest absolute Gasteiger partial charge is 0.0945 e. The van der Waals surface area contributed by atoms with Crippen molar-refractivity contribution in [2.45, 2.75) is 19.8 Å². The quantitative estimate of drug-likeness (QED) is 0.743. The normalized spacial score (nSPS) is 10.7. The summed E-state index contributed by atoms with van der Waals surface area (Å²) < 4.78 is 1.99. The monoisotopic (exact) mass is 278 g/mol. The number of anilines is 1. The first-order chi connectivity index (χ1) is 10.3. The number of benzene rings is 1. The third kappa shape index (κ3) is 2.79. The number of hydrogen-bond donors (Lipinski definition) is 1. The summed E-state index contributed by atoms with van der Waals surface area (Å²) in [6, 6.07) is 13.9. The molecule has 21 heavy (non-hydrogen) atoms. The number of nitrogen functional groups attached to an aromatic ring is 1. The Morgan fingerprint density at radius 3 is 2.62 bits per heavy atom. The lowest BCUT2D eigenvalue weighted by Gasteiger charge is -2.06. The van der Waals surface area contributed by atoms with Gasteiger partial charge in [0, 0.05) is 29.3 Å². The van der Waals surface area contributed by atoms with Gasteiger partial charge in [-0.25, -0.2) is 4.68 Å². The molecule has 4 nitrogen and oxygen atoms in total. The van der Waals surface area contributed by atoms with Gasteiger partial charge in [-0.3, -0.25) is 4.98 Å². The van der Waals surface area contributed by atoms with Crippen LogP contribution >= 0.6 is 0 Å². The third-order valence-corrected chi connectivity index (χ3v) is 3.38. The number of hydrogen-bond acceptors (Lipinski definition) is 3. The van der Waals surface area contributed by atoms with Crippen LogP contribution in [0.2, 0.25) is 0 Å². The second-order valence-corrected chi connectivity index (χ2v) is 5.02. The molecule has 4 heteroatoms. The minimum Gasteiger partial charge on any atom is -0.399 e. The first-order valence-corrected chi connectivity index (χ1v) is 7.13. The molecule has 0 unspecified atom stereocenters. The molecule has 0 aliphatic rings. The highest BCUT2D eigenvalue weighted by atomic mass is 15.3. The van der Waals surface area contributed by atoms with E-state index < -0.39 is 0 Å². The molecule has 3 rings (SSSR count). The molecule has 2 N–H and O–H groups in total. The van der Waals surface area contributed by atoms with Gasteiger partial charge in [-0.1, -0.05) is 13.3 Å². The van der Waals surface area contributed by atoms with Gasteiger partial charge in [-0.2, -0.15) is 5.10 Å². The average molecular weight is 278 g/mol. The van der Waals surface area contributed by atoms with Gasteiger partial charge in [0.1, 0.15) is 0 Å². The maximum Gasteiger partial charge on any atom is 0.0945 e. The molecule has 0 amide bonds. The summed E-state index contributed by atoms with van der Waals surface area (Å²) in [6.07, 6.45) is 5.67. The third-order valence-electron chi connectivity index (χ3n) is 3.38. The summed E-state index contributed by atoms with van der Waals surface area (Å²) in [6.45, 7) is 2.17. The van der Waals surface area contributed by atoms with Crippen LogP contribution in [0.4, 0.5) is 5.69 Å². The lowest BCUT2D eigenvalue weighted by atomic mass is 10.2. The van der Waals surface area contributed by atoms with E-state index in [2.05, 4.69) is 18.0 Å². The van der Waals surface area contributed by atoms with Crippen molar-refractivity contribution in [2.75, 3.05) is 5.73 Å². The molecule has 0 atom stereocenters. The second-order valence-electron chi connectivity index (χ2n) is 5.02. The van der Waals surface area contributed by atoms with Crippen molar-refractivity contribution in [1.82, 2.24) is 14.8 Å². The van der Waals surface area contributed by atoms with E-state index in [4.69, 9.17) is 10.8 Å². The lowest BCUT2D eigenvalue weighted by Crippen LogP contribution is -2.02. The van der Waals surface area contributed by atoms with E-state index in [1.54, 1.807) is 6.20 Å². The topological polar surface area (TPSA) is 56.7 Å². The van der Waals surface area contributed by atoms with Gasteiger partial charge in [0.25, 0.3) is 0 Å². The fraction of sp³-hybridized carbons (Fsp3) is 0.176. The van der Waals surface area contributed by atoms with Crippen molar-refractivity contribution in [3.05, 3.63) is 60.6 Å². The number of aromatic nitrogens is 3. The van der Waals surface area contributed by atoms with E-state index in [0.717, 1.165) is 35.5 Å². The highest BCUT2D eigenvalue weighted by Gasteiger charge is 2.10. The first-order valence-electron chi connectivity index (χ1n) is 7.13. The Balaban J connectivity index is 2.06. The van der Waals surface area contributed by atoms with E-state index in [1.807, 2.05) is 47.3 Å². The van der Waals surface area contributed by atoms with Gasteiger partial charge in [-0.05, 0) is 48.9 Å². The van der Waals surface area contributed by atoms with Crippen LogP contribution in [-0.4, -0.2) is 14.8 Å². The average Bonchev–Trinajstić information content (AvgIpc) is 2.93. The van der Waals surface area contributed by atoms with Crippen molar-refractivity contribution in [3.63, 3.8) is 0 Å². The van der Waals surface area contributed by atoms with E-state index in [-0.39, 0.29) is 0 Å². The SMILES string of the molecule is CCCc1cc(-c2cccnc2)nn1-c1ccc(N)cc1. The van der Waals surface area contributed by atoms with Gasteiger partial charge in [0.05, 0.1) is 11.4 Å². The fourth-order valence-electron chi connectivity index (χ4n) is 2.35. The molecular weight excluding hydrogens is 260 g/mol. The Hall–Kier alpha value is -2.62. The minimum absolute atomic E-state index is 0.760. The Morgan fingerprint density at radius 1 is 1.14 bits per heavy atom. The van der Waals surface area contributed by atoms with Gasteiger partial charge < -0.3 is 5.73 Å². The zero-order chi connectivity index (χ0) is 14.7. The number of aryl methyl sites for hydroxylation is 1. The van der Waals surface area contributed by atoms with E-state index >= 15 is 0 Å². The largest absolute Gasteiger partial charge is 0.399 e. The summed E-state index contributed by atoms with van der Waals surface area (Å²) in [7, 11) is 0. The molecule has 0 aliphatic carbocycles. The molecule has 0 fully saturated rings. The van der Waals surface area contributed by atoms with Crippen LogP contribution in [0.25, 0.3) is 16.9 Å². The van der Waals surface area contributed by atoms with Crippen LogP contribution in [0.5, 0.6) is 0 Å². The van der Waals surface area contributed by atoms with Gasteiger partial charge in [0.15, 0.2) is 0 Å². The molecule has 106 valence electrons. The van der Waals surface area contributed by atoms with Crippen molar-refractivity contribution in [1.29, 1.82) is 0 Å². The molecule has 2 aromatic heterocycles. The van der Waals surface area contributed by atoms with Crippen molar-refractivity contribution in [3.8, 4) is 16.9 Å². The molecule has 1 aromatic carbocycles. The van der Waals surface area contributed by atoms with E-state index in [9.17, 15) is 0 Å². The van der Waals surface area contributed by atoms with Gasteiger partial charge in [0.2, 0.25) is 0 Å². The van der Waals surface area contributed by atoms with Crippen molar-refractivity contribution >= 4 is 5.69 Å². The number of nitrogens with zero attached hydrogens (tertiary/aromatic N) is 3. The molecule has 0 saturated heterocycles. The first kappa shape index (κ1) is 13.4. The highest BCUT2D eigenvalue weighted by Crippen LogP contribution is 2.22. The zero-order valence-corrected chi connectivity index (χ0v) is 12.0. The molecule has 0 aliphatic heterocycles. The van der Waals surface area contributed by atoms with Crippen LogP contribution in [-0.2, 0) is 6.42 Å².